The van der Waals surface area contributed by atoms with Crippen LogP contribution in [-0.4, -0.2) is 42.0 Å². The number of rotatable bonds is 4. The Kier molecular flexibility index (Phi) is 3.81. The zero-order valence-corrected chi connectivity index (χ0v) is 9.44. The first-order valence-electron chi connectivity index (χ1n) is 4.56. The van der Waals surface area contributed by atoms with Crippen LogP contribution in [0.3, 0.4) is 0 Å². The molecular formula is C9H16N4O2. The van der Waals surface area contributed by atoms with Gasteiger partial charge in [-0.05, 0) is 6.07 Å². The maximum atomic E-state index is 11.2. The number of esters is 1. The highest BCUT2D eigenvalue weighted by atomic mass is 16.5. The van der Waals surface area contributed by atoms with Crippen LogP contribution < -0.4 is 5.43 Å². The third kappa shape index (κ3) is 3.03. The van der Waals surface area contributed by atoms with Crippen molar-refractivity contribution >= 4 is 5.97 Å². The molecule has 0 bridgehead atoms. The Morgan fingerprint density at radius 2 is 2.33 bits per heavy atom. The van der Waals surface area contributed by atoms with Crippen LogP contribution in [0, 0.1) is 0 Å². The Labute approximate surface area is 88.8 Å². The molecule has 0 fully saturated rings. The van der Waals surface area contributed by atoms with E-state index < -0.39 is 5.97 Å². The van der Waals surface area contributed by atoms with Crippen molar-refractivity contribution in [2.24, 2.45) is 7.05 Å². The number of carbonyl (C=O) groups is 1. The fourth-order valence-electron chi connectivity index (χ4n) is 1.11. The largest absolute Gasteiger partial charge is 0.464 e. The van der Waals surface area contributed by atoms with Crippen molar-refractivity contribution in [3.8, 4) is 0 Å². The molecule has 0 unspecified atom stereocenters. The van der Waals surface area contributed by atoms with Gasteiger partial charge in [-0.25, -0.2) is 10.2 Å². The number of ether oxygens (including phenoxy) is 1. The van der Waals surface area contributed by atoms with E-state index in [1.807, 2.05) is 19.1 Å². The first-order chi connectivity index (χ1) is 7.04. The molecule has 0 radical (unpaired) electrons. The fraction of sp³-hybridized carbons (Fsp3) is 0.556. The van der Waals surface area contributed by atoms with Gasteiger partial charge in [-0.2, -0.15) is 5.10 Å². The Hall–Kier alpha value is -1.40. The lowest BCUT2D eigenvalue weighted by atomic mass is 10.3. The van der Waals surface area contributed by atoms with Crippen LogP contribution in [0.4, 0.5) is 0 Å². The van der Waals surface area contributed by atoms with Gasteiger partial charge >= 0.3 is 5.97 Å². The molecule has 0 aromatic carbocycles. The predicted molar refractivity (Wildman–Crippen MR) is 55.1 cm³/mol. The summed E-state index contributed by atoms with van der Waals surface area (Å²) < 4.78 is 6.24. The number of aromatic nitrogens is 2. The number of hydrogen-bond donors (Lipinski definition) is 1. The summed E-state index contributed by atoms with van der Waals surface area (Å²) in [6, 6.07) is 1.71. The van der Waals surface area contributed by atoms with E-state index in [4.69, 9.17) is 0 Å². The van der Waals surface area contributed by atoms with Gasteiger partial charge in [0, 0.05) is 21.1 Å². The third-order valence-electron chi connectivity index (χ3n) is 1.95. The summed E-state index contributed by atoms with van der Waals surface area (Å²) in [5.41, 5.74) is 4.34. The van der Waals surface area contributed by atoms with Crippen LogP contribution in [0.2, 0.25) is 0 Å². The molecule has 0 saturated heterocycles. The van der Waals surface area contributed by atoms with Crippen LogP contribution >= 0.6 is 0 Å². The van der Waals surface area contributed by atoms with Gasteiger partial charge in [0.05, 0.1) is 19.3 Å². The van der Waals surface area contributed by atoms with Crippen LogP contribution in [0.1, 0.15) is 16.2 Å². The standard InChI is InChI=1S/C9H16N4O2/c1-12(2)10-6-7-5-8(9(14)15-4)11-13(7)3/h5,10H,6H2,1-4H3. The number of carbonyl (C=O) groups excluding carboxylic acids is 1. The fourth-order valence-corrected chi connectivity index (χ4v) is 1.11. The molecule has 1 rings (SSSR count). The van der Waals surface area contributed by atoms with Gasteiger partial charge in [-0.3, -0.25) is 9.69 Å². The second-order valence-corrected chi connectivity index (χ2v) is 3.37. The van der Waals surface area contributed by atoms with Gasteiger partial charge in [-0.15, -0.1) is 0 Å². The second kappa shape index (κ2) is 4.90. The molecule has 0 aliphatic carbocycles. The number of methoxy groups -OCH3 is 1. The molecule has 0 amide bonds. The minimum absolute atomic E-state index is 0.329. The van der Waals surface area contributed by atoms with Crippen molar-refractivity contribution < 1.29 is 9.53 Å². The molecule has 1 N–H and O–H groups in total. The number of aryl methyl sites for hydroxylation is 1. The summed E-state index contributed by atoms with van der Waals surface area (Å²) in [5, 5.41) is 5.88. The lowest BCUT2D eigenvalue weighted by Gasteiger charge is -2.11. The van der Waals surface area contributed by atoms with Gasteiger partial charge in [0.1, 0.15) is 0 Å². The maximum Gasteiger partial charge on any atom is 0.358 e. The monoisotopic (exact) mass is 212 g/mol. The Bertz CT molecular complexity index is 346. The molecule has 0 saturated carbocycles. The van der Waals surface area contributed by atoms with Crippen LogP contribution in [0.25, 0.3) is 0 Å². The van der Waals surface area contributed by atoms with Gasteiger partial charge in [0.15, 0.2) is 5.69 Å². The van der Waals surface area contributed by atoms with E-state index in [-0.39, 0.29) is 0 Å². The SMILES string of the molecule is COC(=O)c1cc(CNN(C)C)n(C)n1. The number of hydrogen-bond acceptors (Lipinski definition) is 5. The molecule has 0 spiro atoms. The Balaban J connectivity index is 2.73. The highest BCUT2D eigenvalue weighted by molar-refractivity contribution is 5.87. The van der Waals surface area contributed by atoms with E-state index >= 15 is 0 Å². The van der Waals surface area contributed by atoms with E-state index in [9.17, 15) is 4.79 Å². The van der Waals surface area contributed by atoms with Crippen molar-refractivity contribution in [3.63, 3.8) is 0 Å². The van der Waals surface area contributed by atoms with Crippen molar-refractivity contribution in [3.05, 3.63) is 17.5 Å². The van der Waals surface area contributed by atoms with Gasteiger partial charge in [0.25, 0.3) is 0 Å². The molecule has 0 atom stereocenters. The first-order valence-corrected chi connectivity index (χ1v) is 4.56. The number of nitrogens with one attached hydrogen (secondary N) is 1. The average Bonchev–Trinajstić information content (AvgIpc) is 2.55. The third-order valence-corrected chi connectivity index (χ3v) is 1.95. The lowest BCUT2D eigenvalue weighted by molar-refractivity contribution is 0.0593. The molecule has 84 valence electrons. The van der Waals surface area contributed by atoms with Crippen LogP contribution in [-0.2, 0) is 18.3 Å². The Morgan fingerprint density at radius 3 is 2.87 bits per heavy atom. The van der Waals surface area contributed by atoms with E-state index in [0.29, 0.717) is 12.2 Å². The first kappa shape index (κ1) is 11.7. The summed E-state index contributed by atoms with van der Waals surface area (Å²) in [5.74, 6) is -0.415. The molecule has 6 heteroatoms. The smallest absolute Gasteiger partial charge is 0.358 e. The highest BCUT2D eigenvalue weighted by Gasteiger charge is 2.12. The zero-order chi connectivity index (χ0) is 11.4. The van der Waals surface area contributed by atoms with Crippen molar-refractivity contribution in [1.82, 2.24) is 20.2 Å². The van der Waals surface area contributed by atoms with E-state index in [0.717, 1.165) is 5.69 Å². The highest BCUT2D eigenvalue weighted by Crippen LogP contribution is 2.04. The minimum atomic E-state index is -0.415. The topological polar surface area (TPSA) is 59.4 Å². The lowest BCUT2D eigenvalue weighted by Crippen LogP contribution is -2.30. The minimum Gasteiger partial charge on any atom is -0.464 e. The van der Waals surface area contributed by atoms with Crippen molar-refractivity contribution in [2.45, 2.75) is 6.54 Å². The van der Waals surface area contributed by atoms with Gasteiger partial charge in [-0.1, -0.05) is 0 Å². The second-order valence-electron chi connectivity index (χ2n) is 3.37. The molecular weight excluding hydrogens is 196 g/mol. The zero-order valence-electron chi connectivity index (χ0n) is 9.44. The number of hydrazine groups is 1. The van der Waals surface area contributed by atoms with E-state index in [1.54, 1.807) is 17.8 Å². The van der Waals surface area contributed by atoms with Crippen LogP contribution in [0.15, 0.2) is 6.07 Å². The summed E-state index contributed by atoms with van der Waals surface area (Å²) in [6.45, 7) is 0.619. The normalized spacial score (nSPS) is 10.7. The summed E-state index contributed by atoms with van der Waals surface area (Å²) in [7, 11) is 6.93. The Morgan fingerprint density at radius 1 is 1.67 bits per heavy atom. The van der Waals surface area contributed by atoms with Crippen LogP contribution in [0.5, 0.6) is 0 Å². The van der Waals surface area contributed by atoms with Gasteiger partial charge < -0.3 is 4.74 Å². The van der Waals surface area contributed by atoms with Crippen molar-refractivity contribution in [1.29, 1.82) is 0 Å². The quantitative estimate of drug-likeness (QED) is 0.552. The maximum absolute atomic E-state index is 11.2. The van der Waals surface area contributed by atoms with Crippen molar-refractivity contribution in [2.75, 3.05) is 21.2 Å². The molecule has 1 heterocycles. The predicted octanol–water partition coefficient (Wildman–Crippen LogP) is -0.227. The van der Waals surface area contributed by atoms with E-state index in [2.05, 4.69) is 15.3 Å². The molecule has 0 aliphatic rings. The van der Waals surface area contributed by atoms with Gasteiger partial charge in [0.2, 0.25) is 0 Å². The average molecular weight is 212 g/mol. The summed E-state index contributed by atoms with van der Waals surface area (Å²) in [4.78, 5) is 11.2. The molecule has 1 aromatic rings. The summed E-state index contributed by atoms with van der Waals surface area (Å²) >= 11 is 0. The molecule has 0 aliphatic heterocycles. The number of nitrogens with zero attached hydrogens (tertiary/aromatic N) is 3. The molecule has 15 heavy (non-hydrogen) atoms. The molecule has 1 aromatic heterocycles. The van der Waals surface area contributed by atoms with E-state index in [1.165, 1.54) is 7.11 Å². The summed E-state index contributed by atoms with van der Waals surface area (Å²) in [6.07, 6.45) is 0. The molecule has 6 nitrogen and oxygen atoms in total.